The summed E-state index contributed by atoms with van der Waals surface area (Å²) in [5.74, 6) is 1.21. The smallest absolute Gasteiger partial charge is 0.250 e. The molecule has 1 heterocycles. The standard InChI is InChI=1S/C18H22ClN3O3S/c1-5-25-17-13(19)9-12(10-14(17)24-4)6-7-15(23)20-18-22-21-16(26-18)8-11(2)3/h6-7,9-11H,5,8H2,1-4H3,(H,20,22,23). The molecule has 1 aromatic carbocycles. The van der Waals surface area contributed by atoms with Crippen molar-refractivity contribution in [1.29, 1.82) is 0 Å². The minimum Gasteiger partial charge on any atom is -0.493 e. The summed E-state index contributed by atoms with van der Waals surface area (Å²) >= 11 is 7.61. The normalized spacial score (nSPS) is 11.2. The van der Waals surface area contributed by atoms with E-state index in [0.717, 1.165) is 17.0 Å². The maximum Gasteiger partial charge on any atom is 0.250 e. The fourth-order valence-corrected chi connectivity index (χ4v) is 3.40. The van der Waals surface area contributed by atoms with Crippen LogP contribution in [0, 0.1) is 5.92 Å². The molecule has 2 aromatic rings. The molecule has 0 aliphatic rings. The Bertz CT molecular complexity index is 790. The first kappa shape index (κ1) is 20.2. The lowest BCUT2D eigenvalue weighted by atomic mass is 10.1. The lowest BCUT2D eigenvalue weighted by Gasteiger charge is -2.11. The summed E-state index contributed by atoms with van der Waals surface area (Å²) < 4.78 is 10.8. The predicted molar refractivity (Wildman–Crippen MR) is 105 cm³/mol. The van der Waals surface area contributed by atoms with Crippen molar-refractivity contribution in [3.63, 3.8) is 0 Å². The second kappa shape index (κ2) is 9.54. The third-order valence-corrected chi connectivity index (χ3v) is 4.39. The molecule has 0 saturated carbocycles. The number of halogens is 1. The molecule has 0 bridgehead atoms. The van der Waals surface area contributed by atoms with E-state index in [1.807, 2.05) is 6.92 Å². The average molecular weight is 396 g/mol. The predicted octanol–water partition coefficient (Wildman–Crippen LogP) is 4.45. The SMILES string of the molecule is CCOc1c(Cl)cc(C=CC(=O)Nc2nnc(CC(C)C)s2)cc1OC. The third kappa shape index (κ3) is 5.71. The molecule has 1 aromatic heterocycles. The van der Waals surface area contributed by atoms with Gasteiger partial charge in [-0.2, -0.15) is 0 Å². The quantitative estimate of drug-likeness (QED) is 0.668. The van der Waals surface area contributed by atoms with Gasteiger partial charge in [0.05, 0.1) is 18.7 Å². The molecule has 0 aliphatic carbocycles. The van der Waals surface area contributed by atoms with Crippen molar-refractivity contribution < 1.29 is 14.3 Å². The number of carbonyl (C=O) groups excluding carboxylic acids is 1. The van der Waals surface area contributed by atoms with E-state index in [1.165, 1.54) is 17.4 Å². The number of hydrogen-bond acceptors (Lipinski definition) is 6. The van der Waals surface area contributed by atoms with Gasteiger partial charge in [-0.1, -0.05) is 36.8 Å². The molecule has 0 aliphatic heterocycles. The summed E-state index contributed by atoms with van der Waals surface area (Å²) in [5, 5.41) is 12.6. The van der Waals surface area contributed by atoms with Gasteiger partial charge in [0.1, 0.15) is 5.01 Å². The van der Waals surface area contributed by atoms with Crippen LogP contribution in [-0.4, -0.2) is 29.8 Å². The Morgan fingerprint density at radius 2 is 2.15 bits per heavy atom. The van der Waals surface area contributed by atoms with Crippen molar-refractivity contribution in [3.05, 3.63) is 33.8 Å². The highest BCUT2D eigenvalue weighted by molar-refractivity contribution is 7.15. The maximum atomic E-state index is 12.1. The number of hydrogen-bond donors (Lipinski definition) is 1. The average Bonchev–Trinajstić information content (AvgIpc) is 3.01. The number of nitrogens with zero attached hydrogens (tertiary/aromatic N) is 2. The van der Waals surface area contributed by atoms with Crippen LogP contribution < -0.4 is 14.8 Å². The molecule has 0 spiro atoms. The summed E-state index contributed by atoms with van der Waals surface area (Å²) in [4.78, 5) is 12.1. The van der Waals surface area contributed by atoms with Crippen LogP contribution >= 0.6 is 22.9 Å². The van der Waals surface area contributed by atoms with E-state index in [-0.39, 0.29) is 5.91 Å². The van der Waals surface area contributed by atoms with Gasteiger partial charge in [0.15, 0.2) is 11.5 Å². The van der Waals surface area contributed by atoms with E-state index in [4.69, 9.17) is 21.1 Å². The van der Waals surface area contributed by atoms with Gasteiger partial charge in [-0.15, -0.1) is 10.2 Å². The van der Waals surface area contributed by atoms with E-state index in [9.17, 15) is 4.79 Å². The van der Waals surface area contributed by atoms with Crippen molar-refractivity contribution in [2.45, 2.75) is 27.2 Å². The molecule has 0 saturated heterocycles. The topological polar surface area (TPSA) is 73.3 Å². The number of rotatable bonds is 8. The molecule has 140 valence electrons. The fraction of sp³-hybridized carbons (Fsp3) is 0.389. The zero-order valence-corrected chi connectivity index (χ0v) is 16.8. The first-order chi connectivity index (χ1) is 12.4. The lowest BCUT2D eigenvalue weighted by molar-refractivity contribution is -0.111. The molecule has 1 N–H and O–H groups in total. The summed E-state index contributed by atoms with van der Waals surface area (Å²) in [6.45, 7) is 6.57. The second-order valence-electron chi connectivity index (χ2n) is 5.89. The van der Waals surface area contributed by atoms with Crippen LogP contribution in [0.1, 0.15) is 31.3 Å². The van der Waals surface area contributed by atoms with Crippen LogP contribution in [-0.2, 0) is 11.2 Å². The summed E-state index contributed by atoms with van der Waals surface area (Å²) in [6, 6.07) is 3.47. The van der Waals surface area contributed by atoms with Gasteiger partial charge < -0.3 is 9.47 Å². The number of carbonyl (C=O) groups is 1. The van der Waals surface area contributed by atoms with Crippen LogP contribution in [0.25, 0.3) is 6.08 Å². The monoisotopic (exact) mass is 395 g/mol. The lowest BCUT2D eigenvalue weighted by Crippen LogP contribution is -2.07. The highest BCUT2D eigenvalue weighted by Crippen LogP contribution is 2.36. The van der Waals surface area contributed by atoms with Crippen molar-refractivity contribution in [3.8, 4) is 11.5 Å². The van der Waals surface area contributed by atoms with E-state index in [2.05, 4.69) is 29.4 Å². The van der Waals surface area contributed by atoms with Gasteiger partial charge in [-0.05, 0) is 36.6 Å². The first-order valence-corrected chi connectivity index (χ1v) is 9.44. The molecule has 26 heavy (non-hydrogen) atoms. The molecule has 0 radical (unpaired) electrons. The number of methoxy groups -OCH3 is 1. The zero-order chi connectivity index (χ0) is 19.1. The van der Waals surface area contributed by atoms with E-state index < -0.39 is 0 Å². The summed E-state index contributed by atoms with van der Waals surface area (Å²) in [6.07, 6.45) is 3.90. The molecule has 8 heteroatoms. The van der Waals surface area contributed by atoms with Crippen LogP contribution in [0.4, 0.5) is 5.13 Å². The Morgan fingerprint density at radius 3 is 2.81 bits per heavy atom. The molecule has 0 atom stereocenters. The van der Waals surface area contributed by atoms with Crippen molar-refractivity contribution in [2.75, 3.05) is 19.0 Å². The van der Waals surface area contributed by atoms with Crippen molar-refractivity contribution >= 4 is 40.1 Å². The Kier molecular flexibility index (Phi) is 7.41. The number of ether oxygens (including phenoxy) is 2. The van der Waals surface area contributed by atoms with Gasteiger partial charge in [-0.25, -0.2) is 0 Å². The molecular weight excluding hydrogens is 374 g/mol. The maximum absolute atomic E-state index is 12.1. The molecule has 1 amide bonds. The summed E-state index contributed by atoms with van der Waals surface area (Å²) in [5.41, 5.74) is 0.725. The molecule has 0 unspecified atom stereocenters. The Morgan fingerprint density at radius 1 is 1.38 bits per heavy atom. The minimum absolute atomic E-state index is 0.291. The number of nitrogens with one attached hydrogen (secondary N) is 1. The second-order valence-corrected chi connectivity index (χ2v) is 7.36. The fourth-order valence-electron chi connectivity index (χ4n) is 2.18. The Balaban J connectivity index is 2.05. The van der Waals surface area contributed by atoms with Crippen LogP contribution in [0.15, 0.2) is 18.2 Å². The molecule has 2 rings (SSSR count). The molecular formula is C18H22ClN3O3S. The highest BCUT2D eigenvalue weighted by atomic mass is 35.5. The van der Waals surface area contributed by atoms with Crippen molar-refractivity contribution in [2.24, 2.45) is 5.92 Å². The third-order valence-electron chi connectivity index (χ3n) is 3.25. The molecule has 0 fully saturated rings. The van der Waals surface area contributed by atoms with Gasteiger partial charge in [0.2, 0.25) is 11.0 Å². The van der Waals surface area contributed by atoms with Gasteiger partial charge in [0.25, 0.3) is 0 Å². The zero-order valence-electron chi connectivity index (χ0n) is 15.2. The Labute approximate surface area is 162 Å². The van der Waals surface area contributed by atoms with Gasteiger partial charge in [0, 0.05) is 12.5 Å². The molecule has 6 nitrogen and oxygen atoms in total. The van der Waals surface area contributed by atoms with Crippen LogP contribution in [0.5, 0.6) is 11.5 Å². The number of anilines is 1. The highest BCUT2D eigenvalue weighted by Gasteiger charge is 2.11. The van der Waals surface area contributed by atoms with Crippen molar-refractivity contribution in [1.82, 2.24) is 10.2 Å². The van der Waals surface area contributed by atoms with Crippen LogP contribution in [0.2, 0.25) is 5.02 Å². The number of amides is 1. The minimum atomic E-state index is -0.291. The van der Waals surface area contributed by atoms with E-state index in [1.54, 1.807) is 25.3 Å². The Hall–Kier alpha value is -2.12. The van der Waals surface area contributed by atoms with Crippen LogP contribution in [0.3, 0.4) is 0 Å². The number of benzene rings is 1. The first-order valence-electron chi connectivity index (χ1n) is 8.24. The van der Waals surface area contributed by atoms with Gasteiger partial charge >= 0.3 is 0 Å². The van der Waals surface area contributed by atoms with E-state index in [0.29, 0.717) is 34.2 Å². The number of aromatic nitrogens is 2. The largest absolute Gasteiger partial charge is 0.493 e. The summed E-state index contributed by atoms with van der Waals surface area (Å²) in [7, 11) is 1.54. The van der Waals surface area contributed by atoms with Gasteiger partial charge in [-0.3, -0.25) is 10.1 Å². The van der Waals surface area contributed by atoms with E-state index >= 15 is 0 Å².